The molecule has 0 saturated heterocycles. The molecule has 2 nitrogen and oxygen atoms in total. The Morgan fingerprint density at radius 3 is 1.95 bits per heavy atom. The van der Waals surface area contributed by atoms with E-state index in [4.69, 9.17) is 0 Å². The number of rotatable bonds is 4. The summed E-state index contributed by atoms with van der Waals surface area (Å²) in [6.45, 7) is 3.25. The summed E-state index contributed by atoms with van der Waals surface area (Å²) in [6, 6.07) is 17.9. The molecule has 1 N–H and O–H groups in total. The lowest BCUT2D eigenvalue weighted by Crippen LogP contribution is -2.29. The molecule has 0 aliphatic rings. The topological polar surface area (TPSA) is 17.0 Å². The van der Waals surface area contributed by atoms with Crippen LogP contribution < -0.4 is 5.32 Å². The van der Waals surface area contributed by atoms with Crippen LogP contribution in [0.1, 0.15) is 13.3 Å². The number of para-hydroxylation sites is 2. The second kappa shape index (κ2) is 5.06. The molecule has 0 fully saturated rings. The van der Waals surface area contributed by atoms with Crippen LogP contribution in [0.25, 0.3) is 21.8 Å². The Morgan fingerprint density at radius 2 is 1.47 bits per heavy atom. The molecule has 0 saturated carbocycles. The van der Waals surface area contributed by atoms with E-state index in [1.807, 2.05) is 7.05 Å². The molecular weight excluding hydrogens is 232 g/mol. The maximum Gasteiger partial charge on any atom is 0.0491 e. The first-order chi connectivity index (χ1) is 9.35. The second-order valence-corrected chi connectivity index (χ2v) is 5.04. The Hall–Kier alpha value is -1.80. The molecule has 1 heterocycles. The Labute approximate surface area is 114 Å². The first-order valence-corrected chi connectivity index (χ1v) is 6.98. The van der Waals surface area contributed by atoms with Gasteiger partial charge in [-0.05, 0) is 25.6 Å². The van der Waals surface area contributed by atoms with Crippen molar-refractivity contribution in [1.29, 1.82) is 0 Å². The van der Waals surface area contributed by atoms with Crippen molar-refractivity contribution in [2.24, 2.45) is 0 Å². The number of fused-ring (bicyclic) bond motifs is 3. The van der Waals surface area contributed by atoms with Gasteiger partial charge in [0.1, 0.15) is 0 Å². The Balaban J connectivity index is 2.24. The monoisotopic (exact) mass is 252 g/mol. The van der Waals surface area contributed by atoms with Crippen LogP contribution in [0.15, 0.2) is 48.5 Å². The van der Waals surface area contributed by atoms with Crippen molar-refractivity contribution in [3.8, 4) is 0 Å². The van der Waals surface area contributed by atoms with Crippen molar-refractivity contribution < 1.29 is 0 Å². The zero-order valence-electron chi connectivity index (χ0n) is 11.6. The molecule has 0 aliphatic carbocycles. The minimum Gasteiger partial charge on any atom is -0.339 e. The fourth-order valence-electron chi connectivity index (χ4n) is 2.84. The molecule has 0 bridgehead atoms. The van der Waals surface area contributed by atoms with Crippen LogP contribution in [0.4, 0.5) is 0 Å². The highest BCUT2D eigenvalue weighted by molar-refractivity contribution is 6.07. The number of benzene rings is 2. The van der Waals surface area contributed by atoms with Crippen molar-refractivity contribution >= 4 is 21.8 Å². The first kappa shape index (κ1) is 12.2. The van der Waals surface area contributed by atoms with Crippen molar-refractivity contribution in [2.45, 2.75) is 25.9 Å². The molecule has 98 valence electrons. The molecule has 1 unspecified atom stereocenters. The van der Waals surface area contributed by atoms with Crippen LogP contribution in [0.5, 0.6) is 0 Å². The number of likely N-dealkylation sites (N-methyl/N-ethyl adjacent to an activating group) is 1. The molecule has 2 aromatic carbocycles. The van der Waals surface area contributed by atoms with E-state index in [-0.39, 0.29) is 0 Å². The molecule has 0 amide bonds. The summed E-state index contributed by atoms with van der Waals surface area (Å²) in [5, 5.41) is 6.10. The molecule has 1 aromatic heterocycles. The third-order valence-electron chi connectivity index (χ3n) is 3.98. The summed E-state index contributed by atoms with van der Waals surface area (Å²) in [5.74, 6) is 0. The zero-order valence-corrected chi connectivity index (χ0v) is 11.6. The Kier molecular flexibility index (Phi) is 3.26. The molecule has 0 aliphatic heterocycles. The molecule has 19 heavy (non-hydrogen) atoms. The normalized spacial score (nSPS) is 13.2. The van der Waals surface area contributed by atoms with E-state index < -0.39 is 0 Å². The predicted molar refractivity (Wildman–Crippen MR) is 82.6 cm³/mol. The summed E-state index contributed by atoms with van der Waals surface area (Å²) < 4.78 is 2.44. The van der Waals surface area contributed by atoms with Gasteiger partial charge in [0.05, 0.1) is 0 Å². The fourth-order valence-corrected chi connectivity index (χ4v) is 2.84. The molecule has 3 rings (SSSR count). The van der Waals surface area contributed by atoms with E-state index in [0.717, 1.165) is 13.0 Å². The van der Waals surface area contributed by atoms with Gasteiger partial charge in [-0.25, -0.2) is 0 Å². The summed E-state index contributed by atoms with van der Waals surface area (Å²) in [4.78, 5) is 0. The van der Waals surface area contributed by atoms with Gasteiger partial charge >= 0.3 is 0 Å². The van der Waals surface area contributed by atoms with Crippen LogP contribution in [0.3, 0.4) is 0 Å². The molecule has 3 aromatic rings. The van der Waals surface area contributed by atoms with E-state index in [1.165, 1.54) is 21.8 Å². The van der Waals surface area contributed by atoms with E-state index >= 15 is 0 Å². The highest BCUT2D eigenvalue weighted by Crippen LogP contribution is 2.28. The molecular formula is C17H20N2. The second-order valence-electron chi connectivity index (χ2n) is 5.04. The average molecular weight is 252 g/mol. The fraction of sp³-hybridized carbons (Fsp3) is 0.294. The third kappa shape index (κ3) is 2.02. The van der Waals surface area contributed by atoms with E-state index in [2.05, 4.69) is 65.3 Å². The quantitative estimate of drug-likeness (QED) is 0.747. The number of hydrogen-bond acceptors (Lipinski definition) is 1. The number of hydrogen-bond donors (Lipinski definition) is 1. The predicted octanol–water partition coefficient (Wildman–Crippen LogP) is 3.79. The largest absolute Gasteiger partial charge is 0.339 e. The van der Waals surface area contributed by atoms with E-state index in [9.17, 15) is 0 Å². The zero-order chi connectivity index (χ0) is 13.2. The van der Waals surface area contributed by atoms with E-state index in [1.54, 1.807) is 0 Å². The van der Waals surface area contributed by atoms with Gasteiger partial charge in [0.2, 0.25) is 0 Å². The Morgan fingerprint density at radius 1 is 0.947 bits per heavy atom. The molecule has 1 atom stereocenters. The Bertz CT molecular complexity index is 639. The summed E-state index contributed by atoms with van der Waals surface area (Å²) >= 11 is 0. The smallest absolute Gasteiger partial charge is 0.0491 e. The standard InChI is InChI=1S/C17H20N2/c1-3-13(18-2)12-19-16-10-6-4-8-14(16)15-9-5-7-11-17(15)19/h4-11,13,18H,3,12H2,1-2H3. The minimum absolute atomic E-state index is 0.513. The lowest BCUT2D eigenvalue weighted by Gasteiger charge is -2.16. The van der Waals surface area contributed by atoms with Gasteiger partial charge in [0.25, 0.3) is 0 Å². The van der Waals surface area contributed by atoms with Crippen molar-refractivity contribution in [3.05, 3.63) is 48.5 Å². The molecule has 2 heteroatoms. The lowest BCUT2D eigenvalue weighted by atomic mass is 10.2. The number of nitrogens with zero attached hydrogens (tertiary/aromatic N) is 1. The molecule has 0 radical (unpaired) electrons. The van der Waals surface area contributed by atoms with Crippen LogP contribution in [0, 0.1) is 0 Å². The van der Waals surface area contributed by atoms with Gasteiger partial charge in [0, 0.05) is 34.4 Å². The van der Waals surface area contributed by atoms with Crippen molar-refractivity contribution in [2.75, 3.05) is 7.05 Å². The van der Waals surface area contributed by atoms with Crippen LogP contribution in [-0.4, -0.2) is 17.7 Å². The van der Waals surface area contributed by atoms with Gasteiger partial charge in [-0.3, -0.25) is 0 Å². The van der Waals surface area contributed by atoms with Gasteiger partial charge in [-0.1, -0.05) is 43.3 Å². The first-order valence-electron chi connectivity index (χ1n) is 6.98. The van der Waals surface area contributed by atoms with E-state index in [0.29, 0.717) is 6.04 Å². The average Bonchev–Trinajstić information content (AvgIpc) is 2.79. The van der Waals surface area contributed by atoms with Crippen molar-refractivity contribution in [1.82, 2.24) is 9.88 Å². The number of nitrogens with one attached hydrogen (secondary N) is 1. The summed E-state index contributed by atoms with van der Waals surface area (Å²) in [6.07, 6.45) is 1.14. The molecule has 0 spiro atoms. The summed E-state index contributed by atoms with van der Waals surface area (Å²) in [7, 11) is 2.04. The highest BCUT2D eigenvalue weighted by atomic mass is 15.0. The maximum absolute atomic E-state index is 3.40. The third-order valence-corrected chi connectivity index (χ3v) is 3.98. The van der Waals surface area contributed by atoms with Crippen LogP contribution >= 0.6 is 0 Å². The van der Waals surface area contributed by atoms with Crippen molar-refractivity contribution in [3.63, 3.8) is 0 Å². The van der Waals surface area contributed by atoms with Gasteiger partial charge in [-0.2, -0.15) is 0 Å². The van der Waals surface area contributed by atoms with Gasteiger partial charge in [-0.15, -0.1) is 0 Å². The summed E-state index contributed by atoms with van der Waals surface area (Å²) in [5.41, 5.74) is 2.66. The highest BCUT2D eigenvalue weighted by Gasteiger charge is 2.12. The SMILES string of the molecule is CCC(Cn1c2ccccc2c2ccccc21)NC. The van der Waals surface area contributed by atoms with Gasteiger partial charge in [0.15, 0.2) is 0 Å². The number of aromatic nitrogens is 1. The lowest BCUT2D eigenvalue weighted by molar-refractivity contribution is 0.483. The van der Waals surface area contributed by atoms with Crippen LogP contribution in [0.2, 0.25) is 0 Å². The minimum atomic E-state index is 0.513. The maximum atomic E-state index is 3.40. The van der Waals surface area contributed by atoms with Crippen LogP contribution in [-0.2, 0) is 6.54 Å². The van der Waals surface area contributed by atoms with Gasteiger partial charge < -0.3 is 9.88 Å².